The van der Waals surface area contributed by atoms with Gasteiger partial charge in [0.2, 0.25) is 0 Å². The smallest absolute Gasteiger partial charge is 0.190 e. The molecular weight excluding hydrogens is 290 g/mol. The summed E-state index contributed by atoms with van der Waals surface area (Å²) in [6.07, 6.45) is 3.05. The lowest BCUT2D eigenvalue weighted by molar-refractivity contribution is 0.145. The summed E-state index contributed by atoms with van der Waals surface area (Å²) in [5.41, 5.74) is 1.25. The molecule has 1 rings (SSSR count). The molecular formula is C18H31N3O2. The average Bonchev–Trinajstić information content (AvgIpc) is 2.57. The van der Waals surface area contributed by atoms with Crippen LogP contribution in [0, 0.1) is 6.92 Å². The summed E-state index contributed by atoms with van der Waals surface area (Å²) in [5.74, 6) is 1.79. The Bertz CT molecular complexity index is 432. The van der Waals surface area contributed by atoms with Crippen molar-refractivity contribution >= 4 is 5.96 Å². The van der Waals surface area contributed by atoms with Gasteiger partial charge in [-0.3, -0.25) is 4.99 Å². The van der Waals surface area contributed by atoms with Crippen LogP contribution in [0.2, 0.25) is 0 Å². The maximum absolute atomic E-state index is 5.71. The topological polar surface area (TPSA) is 54.9 Å². The third-order valence-corrected chi connectivity index (χ3v) is 3.34. The summed E-state index contributed by atoms with van der Waals surface area (Å²) in [4.78, 5) is 4.20. The number of rotatable bonds is 11. The van der Waals surface area contributed by atoms with E-state index in [1.165, 1.54) is 5.56 Å². The lowest BCUT2D eigenvalue weighted by atomic mass is 10.2. The first-order valence-corrected chi connectivity index (χ1v) is 8.48. The van der Waals surface area contributed by atoms with E-state index in [0.717, 1.165) is 63.9 Å². The zero-order valence-electron chi connectivity index (χ0n) is 14.7. The Hall–Kier alpha value is -1.75. The minimum atomic E-state index is 0.741. The molecule has 0 aliphatic heterocycles. The highest BCUT2D eigenvalue weighted by molar-refractivity contribution is 5.79. The van der Waals surface area contributed by atoms with E-state index in [2.05, 4.69) is 34.7 Å². The van der Waals surface area contributed by atoms with Gasteiger partial charge in [0.1, 0.15) is 5.75 Å². The van der Waals surface area contributed by atoms with Crippen LogP contribution in [0.3, 0.4) is 0 Å². The van der Waals surface area contributed by atoms with Crippen molar-refractivity contribution in [1.82, 2.24) is 10.6 Å². The van der Waals surface area contributed by atoms with Crippen LogP contribution in [0.1, 0.15) is 31.7 Å². The van der Waals surface area contributed by atoms with Gasteiger partial charge in [-0.2, -0.15) is 0 Å². The summed E-state index contributed by atoms with van der Waals surface area (Å²) in [7, 11) is 1.79. The number of nitrogens with zero attached hydrogens (tertiary/aromatic N) is 1. The number of unbranched alkanes of at least 4 members (excludes halogenated alkanes) is 1. The van der Waals surface area contributed by atoms with Crippen LogP contribution in [-0.2, 0) is 4.74 Å². The number of benzene rings is 1. The molecule has 0 amide bonds. The highest BCUT2D eigenvalue weighted by atomic mass is 16.5. The molecule has 0 bridgehead atoms. The number of aryl methyl sites for hydroxylation is 1. The van der Waals surface area contributed by atoms with Gasteiger partial charge in [-0.05, 0) is 45.2 Å². The molecule has 130 valence electrons. The van der Waals surface area contributed by atoms with Gasteiger partial charge in [-0.1, -0.05) is 17.7 Å². The molecule has 0 aliphatic carbocycles. The average molecular weight is 321 g/mol. The Morgan fingerprint density at radius 3 is 2.35 bits per heavy atom. The molecule has 1 aromatic rings. The third kappa shape index (κ3) is 9.79. The maximum atomic E-state index is 5.71. The maximum Gasteiger partial charge on any atom is 0.190 e. The standard InChI is InChI=1S/C18H31N3O2/c1-4-22-14-7-13-21-18(19-3)20-12-5-6-15-23-17-10-8-16(2)9-11-17/h8-11H,4-7,12-15H2,1-3H3,(H2,19,20,21). The SMILES string of the molecule is CCOCCCNC(=NC)NCCCCOc1ccc(C)cc1. The van der Waals surface area contributed by atoms with Crippen molar-refractivity contribution in [2.75, 3.05) is 40.0 Å². The summed E-state index contributed by atoms with van der Waals surface area (Å²) in [5, 5.41) is 6.59. The Balaban J connectivity index is 2.01. The van der Waals surface area contributed by atoms with E-state index in [9.17, 15) is 0 Å². The molecule has 0 aliphatic rings. The molecule has 0 radical (unpaired) electrons. The molecule has 0 fully saturated rings. The molecule has 0 heterocycles. The molecule has 5 heteroatoms. The van der Waals surface area contributed by atoms with Crippen LogP contribution in [0.4, 0.5) is 0 Å². The predicted octanol–water partition coefficient (Wildman–Crippen LogP) is 2.75. The molecule has 0 aromatic heterocycles. The fourth-order valence-corrected chi connectivity index (χ4v) is 2.00. The number of aliphatic imine (C=N–C) groups is 1. The molecule has 0 saturated heterocycles. The quantitative estimate of drug-likeness (QED) is 0.374. The van der Waals surface area contributed by atoms with Gasteiger partial charge in [-0.25, -0.2) is 0 Å². The minimum Gasteiger partial charge on any atom is -0.494 e. The van der Waals surface area contributed by atoms with E-state index in [4.69, 9.17) is 9.47 Å². The van der Waals surface area contributed by atoms with Gasteiger partial charge in [0.05, 0.1) is 6.61 Å². The number of hydrogen-bond donors (Lipinski definition) is 2. The molecule has 23 heavy (non-hydrogen) atoms. The monoisotopic (exact) mass is 321 g/mol. The van der Waals surface area contributed by atoms with Crippen LogP contribution < -0.4 is 15.4 Å². The molecule has 0 saturated carbocycles. The van der Waals surface area contributed by atoms with E-state index < -0.39 is 0 Å². The van der Waals surface area contributed by atoms with Crippen LogP contribution in [0.15, 0.2) is 29.3 Å². The first-order valence-electron chi connectivity index (χ1n) is 8.48. The molecule has 2 N–H and O–H groups in total. The van der Waals surface area contributed by atoms with Crippen LogP contribution in [0.5, 0.6) is 5.75 Å². The first kappa shape index (κ1) is 19.3. The van der Waals surface area contributed by atoms with Crippen molar-refractivity contribution in [2.45, 2.75) is 33.1 Å². The largest absolute Gasteiger partial charge is 0.494 e. The van der Waals surface area contributed by atoms with E-state index in [0.29, 0.717) is 0 Å². The van der Waals surface area contributed by atoms with E-state index in [1.54, 1.807) is 7.05 Å². The fourth-order valence-electron chi connectivity index (χ4n) is 2.00. The van der Waals surface area contributed by atoms with Crippen molar-refractivity contribution in [3.05, 3.63) is 29.8 Å². The lowest BCUT2D eigenvalue weighted by Crippen LogP contribution is -2.38. The Kier molecular flexibility index (Phi) is 10.7. The number of ether oxygens (including phenoxy) is 2. The summed E-state index contributed by atoms with van der Waals surface area (Å²) >= 11 is 0. The number of guanidine groups is 1. The molecule has 1 aromatic carbocycles. The molecule has 0 spiro atoms. The van der Waals surface area contributed by atoms with Crippen LogP contribution >= 0.6 is 0 Å². The van der Waals surface area contributed by atoms with Gasteiger partial charge in [0.25, 0.3) is 0 Å². The Morgan fingerprint density at radius 1 is 1.00 bits per heavy atom. The Labute approximate surface area is 140 Å². The number of nitrogens with one attached hydrogen (secondary N) is 2. The van der Waals surface area contributed by atoms with Crippen molar-refractivity contribution in [1.29, 1.82) is 0 Å². The zero-order valence-corrected chi connectivity index (χ0v) is 14.7. The molecule has 0 unspecified atom stereocenters. The van der Waals surface area contributed by atoms with Gasteiger partial charge < -0.3 is 20.1 Å². The first-order chi connectivity index (χ1) is 11.3. The summed E-state index contributed by atoms with van der Waals surface area (Å²) < 4.78 is 11.0. The Morgan fingerprint density at radius 2 is 1.70 bits per heavy atom. The second-order valence-electron chi connectivity index (χ2n) is 5.34. The van der Waals surface area contributed by atoms with Gasteiger partial charge in [0, 0.05) is 33.4 Å². The normalized spacial score (nSPS) is 11.3. The van der Waals surface area contributed by atoms with Crippen molar-refractivity contribution in [2.24, 2.45) is 4.99 Å². The van der Waals surface area contributed by atoms with Gasteiger partial charge in [0.15, 0.2) is 5.96 Å². The second-order valence-corrected chi connectivity index (χ2v) is 5.34. The summed E-state index contributed by atoms with van der Waals surface area (Å²) in [6.45, 7) is 8.15. The lowest BCUT2D eigenvalue weighted by Gasteiger charge is -2.12. The van der Waals surface area contributed by atoms with E-state index in [1.807, 2.05) is 19.1 Å². The van der Waals surface area contributed by atoms with Gasteiger partial charge >= 0.3 is 0 Å². The molecule has 5 nitrogen and oxygen atoms in total. The zero-order chi connectivity index (χ0) is 16.8. The summed E-state index contributed by atoms with van der Waals surface area (Å²) in [6, 6.07) is 8.17. The van der Waals surface area contributed by atoms with Crippen LogP contribution in [0.25, 0.3) is 0 Å². The molecule has 0 atom stereocenters. The van der Waals surface area contributed by atoms with Crippen molar-refractivity contribution in [3.8, 4) is 5.75 Å². The van der Waals surface area contributed by atoms with Gasteiger partial charge in [-0.15, -0.1) is 0 Å². The van der Waals surface area contributed by atoms with Crippen LogP contribution in [-0.4, -0.2) is 45.9 Å². The minimum absolute atomic E-state index is 0.741. The number of hydrogen-bond acceptors (Lipinski definition) is 3. The highest BCUT2D eigenvalue weighted by Gasteiger charge is 1.97. The van der Waals surface area contributed by atoms with E-state index in [-0.39, 0.29) is 0 Å². The predicted molar refractivity (Wildman–Crippen MR) is 96.4 cm³/mol. The van der Waals surface area contributed by atoms with Crippen molar-refractivity contribution < 1.29 is 9.47 Å². The highest BCUT2D eigenvalue weighted by Crippen LogP contribution is 2.11. The van der Waals surface area contributed by atoms with Crippen molar-refractivity contribution in [3.63, 3.8) is 0 Å². The second kappa shape index (κ2) is 12.8. The third-order valence-electron chi connectivity index (χ3n) is 3.34. The fraction of sp³-hybridized carbons (Fsp3) is 0.611. The van der Waals surface area contributed by atoms with E-state index >= 15 is 0 Å².